The number of hydrogen-bond donors (Lipinski definition) is 2. The number of rotatable bonds is 4. The lowest BCUT2D eigenvalue weighted by Crippen LogP contribution is -2.47. The Bertz CT molecular complexity index is 471. The van der Waals surface area contributed by atoms with E-state index in [-0.39, 0.29) is 5.96 Å². The molecule has 5 heteroatoms. The molecule has 1 aromatic rings. The summed E-state index contributed by atoms with van der Waals surface area (Å²) in [5.41, 5.74) is 14.8. The molecule has 1 aliphatic rings. The van der Waals surface area contributed by atoms with E-state index in [1.54, 1.807) is 0 Å². The molecule has 1 aromatic carbocycles. The molecule has 0 saturated carbocycles. The Morgan fingerprint density at radius 1 is 1.15 bits per heavy atom. The number of nitrogens with zero attached hydrogens (tertiary/aromatic N) is 3. The fourth-order valence-corrected chi connectivity index (χ4v) is 2.61. The number of nitrogens with two attached hydrogens (primary N) is 2. The molecule has 1 saturated heterocycles. The van der Waals surface area contributed by atoms with Gasteiger partial charge in [0, 0.05) is 38.4 Å². The standard InChI is InChI=1S/C15H25N5/c1-12-4-3-5-14(13(12)2)20-10-8-19(9-11-20)7-6-18-15(16)17/h3-5H,6-11H2,1-2H3,(H4,16,17,18). The first-order valence-electron chi connectivity index (χ1n) is 7.17. The Morgan fingerprint density at radius 3 is 2.50 bits per heavy atom. The number of hydrogen-bond acceptors (Lipinski definition) is 3. The van der Waals surface area contributed by atoms with Crippen LogP contribution in [0.2, 0.25) is 0 Å². The topological polar surface area (TPSA) is 70.9 Å². The minimum Gasteiger partial charge on any atom is -0.370 e. The highest BCUT2D eigenvalue weighted by Gasteiger charge is 2.18. The van der Waals surface area contributed by atoms with E-state index in [0.29, 0.717) is 6.54 Å². The first-order valence-corrected chi connectivity index (χ1v) is 7.17. The lowest BCUT2D eigenvalue weighted by molar-refractivity contribution is 0.265. The molecular formula is C15H25N5. The Hall–Kier alpha value is -1.75. The van der Waals surface area contributed by atoms with Crippen LogP contribution in [0.1, 0.15) is 11.1 Å². The Kier molecular flexibility index (Phi) is 4.84. The molecule has 4 N–H and O–H groups in total. The summed E-state index contributed by atoms with van der Waals surface area (Å²) < 4.78 is 0. The van der Waals surface area contributed by atoms with Crippen LogP contribution in [0, 0.1) is 13.8 Å². The van der Waals surface area contributed by atoms with Gasteiger partial charge in [-0.3, -0.25) is 9.89 Å². The van der Waals surface area contributed by atoms with E-state index in [2.05, 4.69) is 46.8 Å². The highest BCUT2D eigenvalue weighted by atomic mass is 15.3. The SMILES string of the molecule is Cc1cccc(N2CCN(CCN=C(N)N)CC2)c1C. The minimum absolute atomic E-state index is 0.180. The molecule has 110 valence electrons. The third-order valence-corrected chi connectivity index (χ3v) is 4.00. The van der Waals surface area contributed by atoms with Crippen molar-refractivity contribution in [1.29, 1.82) is 0 Å². The van der Waals surface area contributed by atoms with Crippen LogP contribution < -0.4 is 16.4 Å². The molecule has 0 radical (unpaired) electrons. The molecular weight excluding hydrogens is 250 g/mol. The van der Waals surface area contributed by atoms with Crippen molar-refractivity contribution in [3.05, 3.63) is 29.3 Å². The second kappa shape index (κ2) is 6.61. The molecule has 0 amide bonds. The molecule has 1 fully saturated rings. The molecule has 5 nitrogen and oxygen atoms in total. The van der Waals surface area contributed by atoms with Gasteiger partial charge in [-0.15, -0.1) is 0 Å². The predicted octanol–water partition coefficient (Wildman–Crippen LogP) is 0.699. The van der Waals surface area contributed by atoms with Gasteiger partial charge >= 0.3 is 0 Å². The van der Waals surface area contributed by atoms with Gasteiger partial charge in [0.05, 0.1) is 6.54 Å². The Labute approximate surface area is 121 Å². The summed E-state index contributed by atoms with van der Waals surface area (Å²) in [6.45, 7) is 10.2. The predicted molar refractivity (Wildman–Crippen MR) is 85.2 cm³/mol. The van der Waals surface area contributed by atoms with Crippen LogP contribution in [0.5, 0.6) is 0 Å². The molecule has 0 aliphatic carbocycles. The van der Waals surface area contributed by atoms with E-state index in [1.807, 2.05) is 0 Å². The average molecular weight is 275 g/mol. The van der Waals surface area contributed by atoms with Gasteiger partial charge in [-0.05, 0) is 31.0 Å². The first-order chi connectivity index (χ1) is 9.58. The van der Waals surface area contributed by atoms with Gasteiger partial charge in [0.2, 0.25) is 0 Å². The van der Waals surface area contributed by atoms with Gasteiger partial charge in [0.25, 0.3) is 0 Å². The van der Waals surface area contributed by atoms with Gasteiger partial charge in [-0.25, -0.2) is 0 Å². The Morgan fingerprint density at radius 2 is 1.85 bits per heavy atom. The average Bonchev–Trinajstić information content (AvgIpc) is 2.42. The second-order valence-electron chi connectivity index (χ2n) is 5.35. The molecule has 1 heterocycles. The normalized spacial score (nSPS) is 16.2. The number of aryl methyl sites for hydroxylation is 1. The van der Waals surface area contributed by atoms with Crippen LogP contribution in [0.4, 0.5) is 5.69 Å². The molecule has 2 rings (SSSR count). The maximum absolute atomic E-state index is 5.34. The Balaban J connectivity index is 1.88. The van der Waals surface area contributed by atoms with Crippen LogP contribution in [-0.2, 0) is 0 Å². The van der Waals surface area contributed by atoms with Crippen LogP contribution in [0.3, 0.4) is 0 Å². The summed E-state index contributed by atoms with van der Waals surface area (Å²) in [6, 6.07) is 6.53. The summed E-state index contributed by atoms with van der Waals surface area (Å²) in [4.78, 5) is 8.92. The molecule has 20 heavy (non-hydrogen) atoms. The lowest BCUT2D eigenvalue weighted by Gasteiger charge is -2.36. The molecule has 0 spiro atoms. The second-order valence-corrected chi connectivity index (χ2v) is 5.35. The van der Waals surface area contributed by atoms with Crippen molar-refractivity contribution in [2.24, 2.45) is 16.5 Å². The number of aliphatic imine (C=N–C) groups is 1. The van der Waals surface area contributed by atoms with Crippen LogP contribution in [-0.4, -0.2) is 50.1 Å². The van der Waals surface area contributed by atoms with Crippen molar-refractivity contribution in [3.8, 4) is 0 Å². The van der Waals surface area contributed by atoms with Crippen molar-refractivity contribution in [2.45, 2.75) is 13.8 Å². The van der Waals surface area contributed by atoms with Crippen molar-refractivity contribution < 1.29 is 0 Å². The van der Waals surface area contributed by atoms with E-state index < -0.39 is 0 Å². The monoisotopic (exact) mass is 275 g/mol. The minimum atomic E-state index is 0.180. The number of piperazine rings is 1. The van der Waals surface area contributed by atoms with Crippen LogP contribution in [0.25, 0.3) is 0 Å². The molecule has 0 unspecified atom stereocenters. The smallest absolute Gasteiger partial charge is 0.185 e. The molecule has 0 bridgehead atoms. The fourth-order valence-electron chi connectivity index (χ4n) is 2.61. The van der Waals surface area contributed by atoms with Crippen molar-refractivity contribution in [1.82, 2.24) is 4.90 Å². The lowest BCUT2D eigenvalue weighted by atomic mass is 10.1. The largest absolute Gasteiger partial charge is 0.370 e. The van der Waals surface area contributed by atoms with Gasteiger partial charge in [-0.1, -0.05) is 12.1 Å². The van der Waals surface area contributed by atoms with E-state index in [0.717, 1.165) is 32.7 Å². The number of anilines is 1. The number of benzene rings is 1. The zero-order valence-corrected chi connectivity index (χ0v) is 12.5. The van der Waals surface area contributed by atoms with Gasteiger partial charge in [0.1, 0.15) is 0 Å². The van der Waals surface area contributed by atoms with Gasteiger partial charge in [-0.2, -0.15) is 0 Å². The van der Waals surface area contributed by atoms with Crippen molar-refractivity contribution >= 4 is 11.6 Å². The zero-order valence-electron chi connectivity index (χ0n) is 12.5. The molecule has 1 aliphatic heterocycles. The van der Waals surface area contributed by atoms with Crippen molar-refractivity contribution in [3.63, 3.8) is 0 Å². The highest BCUT2D eigenvalue weighted by Crippen LogP contribution is 2.23. The maximum atomic E-state index is 5.34. The summed E-state index contributed by atoms with van der Waals surface area (Å²) in [6.07, 6.45) is 0. The molecule has 0 aromatic heterocycles. The zero-order chi connectivity index (χ0) is 14.5. The number of guanidine groups is 1. The highest BCUT2D eigenvalue weighted by molar-refractivity contribution is 5.75. The van der Waals surface area contributed by atoms with E-state index in [1.165, 1.54) is 16.8 Å². The molecule has 0 atom stereocenters. The summed E-state index contributed by atoms with van der Waals surface area (Å²) in [5, 5.41) is 0. The van der Waals surface area contributed by atoms with E-state index in [9.17, 15) is 0 Å². The third kappa shape index (κ3) is 3.63. The first kappa shape index (κ1) is 14.7. The summed E-state index contributed by atoms with van der Waals surface area (Å²) >= 11 is 0. The summed E-state index contributed by atoms with van der Waals surface area (Å²) in [7, 11) is 0. The summed E-state index contributed by atoms with van der Waals surface area (Å²) in [5.74, 6) is 0.180. The van der Waals surface area contributed by atoms with Crippen LogP contribution in [0.15, 0.2) is 23.2 Å². The van der Waals surface area contributed by atoms with E-state index in [4.69, 9.17) is 11.5 Å². The van der Waals surface area contributed by atoms with E-state index >= 15 is 0 Å². The van der Waals surface area contributed by atoms with Gasteiger partial charge in [0.15, 0.2) is 5.96 Å². The quantitative estimate of drug-likeness (QED) is 0.627. The van der Waals surface area contributed by atoms with Crippen LogP contribution >= 0.6 is 0 Å². The van der Waals surface area contributed by atoms with Crippen molar-refractivity contribution in [2.75, 3.05) is 44.2 Å². The maximum Gasteiger partial charge on any atom is 0.185 e. The van der Waals surface area contributed by atoms with Gasteiger partial charge < -0.3 is 16.4 Å². The third-order valence-electron chi connectivity index (χ3n) is 4.00. The fraction of sp³-hybridized carbons (Fsp3) is 0.533.